The van der Waals surface area contributed by atoms with Crippen molar-refractivity contribution >= 4 is 33.4 Å². The average Bonchev–Trinajstić information content (AvgIpc) is 3.42. The third-order valence-corrected chi connectivity index (χ3v) is 9.20. The SMILES string of the molecule is O=C(c1cccc(S(=O)(=O)Nc2cccc(C(F)(F)F)c2)c1)N1N=C2/C(=C\c3ccccc3)CCC[C@H]2[C@H]1c1ccccc1. The van der Waals surface area contributed by atoms with E-state index >= 15 is 0 Å². The first-order valence-corrected chi connectivity index (χ1v) is 15.6. The van der Waals surface area contributed by atoms with Gasteiger partial charge in [0.1, 0.15) is 0 Å². The van der Waals surface area contributed by atoms with Gasteiger partial charge >= 0.3 is 6.18 Å². The molecule has 224 valence electrons. The maximum atomic E-state index is 14.1. The van der Waals surface area contributed by atoms with Crippen LogP contribution in [0.15, 0.2) is 125 Å². The Morgan fingerprint density at radius 1 is 0.886 bits per heavy atom. The van der Waals surface area contributed by atoms with Gasteiger partial charge in [-0.05, 0) is 78.4 Å². The molecule has 1 heterocycles. The lowest BCUT2D eigenvalue weighted by Gasteiger charge is -2.29. The van der Waals surface area contributed by atoms with Gasteiger partial charge in [-0.15, -0.1) is 0 Å². The Hall–Kier alpha value is -4.70. The third-order valence-electron chi connectivity index (χ3n) is 7.82. The molecule has 44 heavy (non-hydrogen) atoms. The maximum absolute atomic E-state index is 14.1. The summed E-state index contributed by atoms with van der Waals surface area (Å²) in [5, 5.41) is 6.32. The molecule has 1 aliphatic carbocycles. The number of rotatable bonds is 6. The monoisotopic (exact) mass is 615 g/mol. The molecule has 6 rings (SSSR count). The van der Waals surface area contributed by atoms with Crippen molar-refractivity contribution in [1.82, 2.24) is 5.01 Å². The van der Waals surface area contributed by atoms with Gasteiger partial charge in [0.25, 0.3) is 15.9 Å². The predicted octanol–water partition coefficient (Wildman–Crippen LogP) is 7.94. The summed E-state index contributed by atoms with van der Waals surface area (Å²) in [6, 6.07) is 28.6. The first-order chi connectivity index (χ1) is 21.1. The Morgan fingerprint density at radius 3 is 2.32 bits per heavy atom. The van der Waals surface area contributed by atoms with Crippen LogP contribution in [-0.2, 0) is 16.2 Å². The van der Waals surface area contributed by atoms with Gasteiger partial charge < -0.3 is 0 Å². The van der Waals surface area contributed by atoms with Crippen LogP contribution >= 0.6 is 0 Å². The van der Waals surface area contributed by atoms with E-state index in [-0.39, 0.29) is 28.1 Å². The molecule has 2 aliphatic rings. The number of amides is 1. The summed E-state index contributed by atoms with van der Waals surface area (Å²) in [7, 11) is -4.32. The standard InChI is InChI=1S/C34H28F3N3O3S/c35-34(36,37)27-16-9-17-28(22-27)39-44(42,43)29-18-7-15-26(21-29)33(41)40-32(24-12-5-2-6-13-24)30-19-8-14-25(31(30)38-40)20-23-10-3-1-4-11-23/h1-7,9-13,15-18,20-22,30,32,39H,8,14,19H2/b25-20-/t30-,32-/m1/s1. The van der Waals surface area contributed by atoms with Crippen molar-refractivity contribution in [3.8, 4) is 0 Å². The second-order valence-corrected chi connectivity index (χ2v) is 12.5. The molecule has 0 aromatic heterocycles. The molecular weight excluding hydrogens is 587 g/mol. The van der Waals surface area contributed by atoms with Crippen LogP contribution in [0.4, 0.5) is 18.9 Å². The Kier molecular flexibility index (Phi) is 7.85. The van der Waals surface area contributed by atoms with E-state index in [0.29, 0.717) is 0 Å². The Balaban J connectivity index is 1.34. The minimum absolute atomic E-state index is 0.0421. The Labute approximate surface area is 253 Å². The molecule has 1 aliphatic heterocycles. The van der Waals surface area contributed by atoms with Gasteiger partial charge in [0, 0.05) is 17.2 Å². The zero-order chi connectivity index (χ0) is 30.9. The number of hydrogen-bond acceptors (Lipinski definition) is 4. The van der Waals surface area contributed by atoms with Crippen molar-refractivity contribution in [2.45, 2.75) is 36.4 Å². The van der Waals surface area contributed by atoms with Crippen molar-refractivity contribution in [1.29, 1.82) is 0 Å². The number of carbonyl (C=O) groups is 1. The summed E-state index contributed by atoms with van der Waals surface area (Å²) in [5.74, 6) is -0.518. The normalized spacial score (nSPS) is 19.4. The average molecular weight is 616 g/mol. The fourth-order valence-electron chi connectivity index (χ4n) is 5.80. The third kappa shape index (κ3) is 6.03. The predicted molar refractivity (Wildman–Crippen MR) is 163 cm³/mol. The highest BCUT2D eigenvalue weighted by Gasteiger charge is 2.44. The van der Waals surface area contributed by atoms with Gasteiger partial charge in [-0.3, -0.25) is 9.52 Å². The Bertz CT molecular complexity index is 1860. The van der Waals surface area contributed by atoms with Gasteiger partial charge in [-0.2, -0.15) is 18.3 Å². The molecule has 4 aromatic rings. The van der Waals surface area contributed by atoms with Crippen LogP contribution < -0.4 is 4.72 Å². The van der Waals surface area contributed by atoms with E-state index in [9.17, 15) is 26.4 Å². The molecule has 1 saturated carbocycles. The number of nitrogens with zero attached hydrogens (tertiary/aromatic N) is 2. The van der Waals surface area contributed by atoms with Crippen LogP contribution in [0, 0.1) is 5.92 Å². The minimum Gasteiger partial charge on any atom is -0.280 e. The zero-order valence-electron chi connectivity index (χ0n) is 23.4. The summed E-state index contributed by atoms with van der Waals surface area (Å²) in [4.78, 5) is 13.8. The van der Waals surface area contributed by atoms with Crippen LogP contribution in [0.1, 0.15) is 52.4 Å². The number of hydrogen-bond donors (Lipinski definition) is 1. The molecule has 1 fully saturated rings. The molecule has 2 atom stereocenters. The van der Waals surface area contributed by atoms with Crippen molar-refractivity contribution in [3.05, 3.63) is 137 Å². The number of allylic oxidation sites excluding steroid dienone is 1. The second kappa shape index (κ2) is 11.8. The number of alkyl halides is 3. The number of sulfonamides is 1. The van der Waals surface area contributed by atoms with E-state index in [4.69, 9.17) is 5.10 Å². The van der Waals surface area contributed by atoms with E-state index in [2.05, 4.69) is 10.8 Å². The van der Waals surface area contributed by atoms with Crippen molar-refractivity contribution in [3.63, 3.8) is 0 Å². The zero-order valence-corrected chi connectivity index (χ0v) is 24.2. The number of anilines is 1. The van der Waals surface area contributed by atoms with Crippen LogP contribution in [0.2, 0.25) is 0 Å². The molecule has 0 unspecified atom stereocenters. The van der Waals surface area contributed by atoms with Gasteiger partial charge in [-0.1, -0.05) is 72.8 Å². The summed E-state index contributed by atoms with van der Waals surface area (Å²) in [5.41, 5.74) is 2.73. The van der Waals surface area contributed by atoms with Crippen LogP contribution in [0.25, 0.3) is 6.08 Å². The number of halogens is 3. The number of benzene rings is 4. The molecule has 0 saturated heterocycles. The number of fused-ring (bicyclic) bond motifs is 1. The summed E-state index contributed by atoms with van der Waals surface area (Å²) in [6.45, 7) is 0. The van der Waals surface area contributed by atoms with Crippen molar-refractivity contribution in [2.24, 2.45) is 11.0 Å². The second-order valence-electron chi connectivity index (χ2n) is 10.8. The number of carbonyl (C=O) groups excluding carboxylic acids is 1. The molecule has 6 nitrogen and oxygen atoms in total. The van der Waals surface area contributed by atoms with Crippen molar-refractivity contribution < 1.29 is 26.4 Å². The van der Waals surface area contributed by atoms with E-state index < -0.39 is 27.7 Å². The molecule has 0 spiro atoms. The van der Waals surface area contributed by atoms with Crippen LogP contribution in [0.5, 0.6) is 0 Å². The molecule has 1 N–H and O–H groups in total. The molecule has 10 heteroatoms. The lowest BCUT2D eigenvalue weighted by molar-refractivity contribution is -0.137. The first-order valence-electron chi connectivity index (χ1n) is 14.1. The lowest BCUT2D eigenvalue weighted by Crippen LogP contribution is -2.32. The lowest BCUT2D eigenvalue weighted by atomic mass is 9.77. The van der Waals surface area contributed by atoms with Crippen molar-refractivity contribution in [2.75, 3.05) is 4.72 Å². The van der Waals surface area contributed by atoms with E-state index in [1.54, 1.807) is 0 Å². The topological polar surface area (TPSA) is 78.8 Å². The highest BCUT2D eigenvalue weighted by molar-refractivity contribution is 7.92. The summed E-state index contributed by atoms with van der Waals surface area (Å²) < 4.78 is 68.2. The largest absolute Gasteiger partial charge is 0.416 e. The first kappa shape index (κ1) is 29.4. The van der Waals surface area contributed by atoms with Gasteiger partial charge in [0.2, 0.25) is 0 Å². The van der Waals surface area contributed by atoms with E-state index in [1.807, 2.05) is 60.7 Å². The summed E-state index contributed by atoms with van der Waals surface area (Å²) >= 11 is 0. The summed E-state index contributed by atoms with van der Waals surface area (Å²) in [6.07, 6.45) is 0.0658. The number of hydrazone groups is 1. The van der Waals surface area contributed by atoms with E-state index in [1.165, 1.54) is 35.3 Å². The molecule has 0 radical (unpaired) electrons. The minimum atomic E-state index is -4.63. The fraction of sp³-hybridized carbons (Fsp3) is 0.176. The smallest absolute Gasteiger partial charge is 0.280 e. The quantitative estimate of drug-likeness (QED) is 0.239. The van der Waals surface area contributed by atoms with Gasteiger partial charge in [0.05, 0.1) is 22.2 Å². The van der Waals surface area contributed by atoms with Gasteiger partial charge in [-0.25, -0.2) is 13.4 Å². The number of nitrogens with one attached hydrogen (secondary N) is 1. The molecular formula is C34H28F3N3O3S. The molecule has 0 bridgehead atoms. The highest BCUT2D eigenvalue weighted by Crippen LogP contribution is 2.45. The highest BCUT2D eigenvalue weighted by atomic mass is 32.2. The maximum Gasteiger partial charge on any atom is 0.416 e. The van der Waals surface area contributed by atoms with Gasteiger partial charge in [0.15, 0.2) is 0 Å². The van der Waals surface area contributed by atoms with Crippen LogP contribution in [-0.4, -0.2) is 25.0 Å². The van der Waals surface area contributed by atoms with Crippen LogP contribution in [0.3, 0.4) is 0 Å². The van der Waals surface area contributed by atoms with E-state index in [0.717, 1.165) is 59.9 Å². The molecule has 4 aromatic carbocycles. The molecule has 1 amide bonds. The Morgan fingerprint density at radius 2 is 1.59 bits per heavy atom. The fourth-order valence-corrected chi connectivity index (χ4v) is 6.90.